The van der Waals surface area contributed by atoms with Crippen molar-refractivity contribution in [3.8, 4) is 0 Å². The van der Waals surface area contributed by atoms with Gasteiger partial charge in [0.15, 0.2) is 0 Å². The van der Waals surface area contributed by atoms with Gasteiger partial charge in [-0.15, -0.1) is 0 Å². The molecule has 2 nitrogen and oxygen atoms in total. The van der Waals surface area contributed by atoms with Crippen LogP contribution in [-0.2, 0) is 0 Å². The van der Waals surface area contributed by atoms with E-state index in [1.165, 1.54) is 6.07 Å². The third-order valence-electron chi connectivity index (χ3n) is 2.96. The average molecular weight is 263 g/mol. The fourth-order valence-electron chi connectivity index (χ4n) is 1.91. The van der Waals surface area contributed by atoms with Crippen LogP contribution in [0.25, 0.3) is 0 Å². The SMILES string of the molecule is Cc1ccccc1NCC(O)c1c(F)cccc1F. The highest BCUT2D eigenvalue weighted by molar-refractivity contribution is 5.50. The van der Waals surface area contributed by atoms with Gasteiger partial charge in [-0.3, -0.25) is 0 Å². The summed E-state index contributed by atoms with van der Waals surface area (Å²) in [5, 5.41) is 12.9. The number of halogens is 2. The highest BCUT2D eigenvalue weighted by atomic mass is 19.1. The van der Waals surface area contributed by atoms with Gasteiger partial charge in [-0.2, -0.15) is 0 Å². The Hall–Kier alpha value is -1.94. The Labute approximate surface area is 110 Å². The molecule has 0 aliphatic rings. The van der Waals surface area contributed by atoms with Crippen molar-refractivity contribution in [1.82, 2.24) is 0 Å². The Morgan fingerprint density at radius 2 is 1.68 bits per heavy atom. The standard InChI is InChI=1S/C15H15F2NO/c1-10-5-2-3-8-13(10)18-9-14(19)15-11(16)6-4-7-12(15)17/h2-8,14,18-19H,9H2,1H3. The van der Waals surface area contributed by atoms with Crippen LogP contribution < -0.4 is 5.32 Å². The molecule has 0 aliphatic heterocycles. The summed E-state index contributed by atoms with van der Waals surface area (Å²) in [4.78, 5) is 0. The van der Waals surface area contributed by atoms with Crippen LogP contribution in [0.2, 0.25) is 0 Å². The summed E-state index contributed by atoms with van der Waals surface area (Å²) in [5.41, 5.74) is 1.53. The van der Waals surface area contributed by atoms with E-state index in [4.69, 9.17) is 0 Å². The summed E-state index contributed by atoms with van der Waals surface area (Å²) in [6.45, 7) is 1.96. The number of para-hydroxylation sites is 1. The maximum Gasteiger partial charge on any atom is 0.132 e. The van der Waals surface area contributed by atoms with Crippen LogP contribution in [0.5, 0.6) is 0 Å². The minimum atomic E-state index is -1.24. The highest BCUT2D eigenvalue weighted by Gasteiger charge is 2.17. The van der Waals surface area contributed by atoms with Gasteiger partial charge in [0.25, 0.3) is 0 Å². The smallest absolute Gasteiger partial charge is 0.132 e. The molecule has 4 heteroatoms. The van der Waals surface area contributed by atoms with E-state index >= 15 is 0 Å². The molecule has 1 unspecified atom stereocenters. The van der Waals surface area contributed by atoms with Crippen molar-refractivity contribution in [2.24, 2.45) is 0 Å². The normalized spacial score (nSPS) is 12.2. The summed E-state index contributed by atoms with van der Waals surface area (Å²) >= 11 is 0. The van der Waals surface area contributed by atoms with Crippen LogP contribution in [-0.4, -0.2) is 11.7 Å². The Morgan fingerprint density at radius 3 is 2.32 bits per heavy atom. The molecule has 0 saturated heterocycles. The van der Waals surface area contributed by atoms with E-state index < -0.39 is 17.7 Å². The summed E-state index contributed by atoms with van der Waals surface area (Å²) in [6.07, 6.45) is -1.24. The van der Waals surface area contributed by atoms with E-state index in [1.807, 2.05) is 31.2 Å². The summed E-state index contributed by atoms with van der Waals surface area (Å²) in [5.74, 6) is -1.47. The van der Waals surface area contributed by atoms with Crippen LogP contribution in [0.1, 0.15) is 17.2 Å². The van der Waals surface area contributed by atoms with E-state index in [-0.39, 0.29) is 12.1 Å². The summed E-state index contributed by atoms with van der Waals surface area (Å²) in [6, 6.07) is 11.1. The molecular weight excluding hydrogens is 248 g/mol. The van der Waals surface area contributed by atoms with Crippen molar-refractivity contribution in [2.75, 3.05) is 11.9 Å². The number of aliphatic hydroxyl groups excluding tert-OH is 1. The predicted molar refractivity (Wildman–Crippen MR) is 71.0 cm³/mol. The van der Waals surface area contributed by atoms with Crippen molar-refractivity contribution >= 4 is 5.69 Å². The number of anilines is 1. The third kappa shape index (κ3) is 3.09. The van der Waals surface area contributed by atoms with E-state index in [0.29, 0.717) is 0 Å². The largest absolute Gasteiger partial charge is 0.386 e. The molecule has 100 valence electrons. The van der Waals surface area contributed by atoms with E-state index in [0.717, 1.165) is 23.4 Å². The molecular formula is C15H15F2NO. The minimum absolute atomic E-state index is 0.0444. The fraction of sp³-hybridized carbons (Fsp3) is 0.200. The van der Waals surface area contributed by atoms with Gasteiger partial charge in [-0.25, -0.2) is 8.78 Å². The zero-order valence-corrected chi connectivity index (χ0v) is 10.5. The fourth-order valence-corrected chi connectivity index (χ4v) is 1.91. The van der Waals surface area contributed by atoms with Crippen LogP contribution in [0.15, 0.2) is 42.5 Å². The lowest BCUT2D eigenvalue weighted by atomic mass is 10.1. The van der Waals surface area contributed by atoms with E-state index in [2.05, 4.69) is 5.32 Å². The number of rotatable bonds is 4. The zero-order valence-electron chi connectivity index (χ0n) is 10.5. The highest BCUT2D eigenvalue weighted by Crippen LogP contribution is 2.22. The third-order valence-corrected chi connectivity index (χ3v) is 2.96. The number of benzene rings is 2. The second kappa shape index (κ2) is 5.80. The molecule has 0 spiro atoms. The molecule has 0 aromatic heterocycles. The molecule has 2 N–H and O–H groups in total. The van der Waals surface area contributed by atoms with Crippen molar-refractivity contribution in [2.45, 2.75) is 13.0 Å². The Bertz CT molecular complexity index is 552. The average Bonchev–Trinajstić information content (AvgIpc) is 2.37. The first-order chi connectivity index (χ1) is 9.09. The molecule has 0 fully saturated rings. The van der Waals surface area contributed by atoms with Crippen LogP contribution in [0.4, 0.5) is 14.5 Å². The molecule has 0 aliphatic carbocycles. The Balaban J connectivity index is 2.10. The maximum absolute atomic E-state index is 13.5. The first-order valence-corrected chi connectivity index (χ1v) is 6.01. The van der Waals surface area contributed by atoms with E-state index in [1.54, 1.807) is 0 Å². The van der Waals surface area contributed by atoms with Gasteiger partial charge in [0.2, 0.25) is 0 Å². The molecule has 19 heavy (non-hydrogen) atoms. The van der Waals surface area contributed by atoms with Gasteiger partial charge in [0.1, 0.15) is 17.7 Å². The molecule has 0 saturated carbocycles. The molecule has 1 atom stereocenters. The Kier molecular flexibility index (Phi) is 4.12. The van der Waals surface area contributed by atoms with Gasteiger partial charge < -0.3 is 10.4 Å². The van der Waals surface area contributed by atoms with Gasteiger partial charge >= 0.3 is 0 Å². The number of hydrogen-bond acceptors (Lipinski definition) is 2. The second-order valence-corrected chi connectivity index (χ2v) is 4.35. The number of nitrogens with one attached hydrogen (secondary N) is 1. The summed E-state index contributed by atoms with van der Waals surface area (Å²) < 4.78 is 27.0. The van der Waals surface area contributed by atoms with Gasteiger partial charge in [-0.05, 0) is 30.7 Å². The molecule has 0 heterocycles. The van der Waals surface area contributed by atoms with E-state index in [9.17, 15) is 13.9 Å². The van der Waals surface area contributed by atoms with Crippen molar-refractivity contribution in [1.29, 1.82) is 0 Å². The van der Waals surface area contributed by atoms with Crippen LogP contribution >= 0.6 is 0 Å². The lowest BCUT2D eigenvalue weighted by molar-refractivity contribution is 0.181. The minimum Gasteiger partial charge on any atom is -0.386 e. The zero-order chi connectivity index (χ0) is 13.8. The lowest BCUT2D eigenvalue weighted by Gasteiger charge is -2.15. The van der Waals surface area contributed by atoms with Gasteiger partial charge in [0, 0.05) is 12.2 Å². The second-order valence-electron chi connectivity index (χ2n) is 4.35. The maximum atomic E-state index is 13.5. The molecule has 2 aromatic rings. The monoisotopic (exact) mass is 263 g/mol. The van der Waals surface area contributed by atoms with Crippen LogP contribution in [0, 0.1) is 18.6 Å². The van der Waals surface area contributed by atoms with Crippen molar-refractivity contribution < 1.29 is 13.9 Å². The molecule has 0 radical (unpaired) electrons. The number of hydrogen-bond donors (Lipinski definition) is 2. The first kappa shape index (κ1) is 13.5. The van der Waals surface area contributed by atoms with Gasteiger partial charge in [-0.1, -0.05) is 24.3 Å². The quantitative estimate of drug-likeness (QED) is 0.886. The predicted octanol–water partition coefficient (Wildman–Crippen LogP) is 3.42. The van der Waals surface area contributed by atoms with Crippen LogP contribution in [0.3, 0.4) is 0 Å². The first-order valence-electron chi connectivity index (χ1n) is 6.01. The molecule has 0 bridgehead atoms. The number of aliphatic hydroxyl groups is 1. The molecule has 2 aromatic carbocycles. The molecule has 2 rings (SSSR count). The van der Waals surface area contributed by atoms with Crippen molar-refractivity contribution in [3.05, 3.63) is 65.2 Å². The molecule has 0 amide bonds. The van der Waals surface area contributed by atoms with Gasteiger partial charge in [0.05, 0.1) is 5.56 Å². The summed E-state index contributed by atoms with van der Waals surface area (Å²) in [7, 11) is 0. The lowest BCUT2D eigenvalue weighted by Crippen LogP contribution is -2.15. The topological polar surface area (TPSA) is 32.3 Å². The Morgan fingerprint density at radius 1 is 1.05 bits per heavy atom. The van der Waals surface area contributed by atoms with Crippen molar-refractivity contribution in [3.63, 3.8) is 0 Å². The number of aryl methyl sites for hydroxylation is 1.